The fourth-order valence-electron chi connectivity index (χ4n) is 2.94. The Bertz CT molecular complexity index is 700. The zero-order chi connectivity index (χ0) is 18.2. The molecule has 0 bridgehead atoms. The van der Waals surface area contributed by atoms with E-state index in [9.17, 15) is 4.79 Å². The van der Waals surface area contributed by atoms with Crippen LogP contribution >= 0.6 is 0 Å². The Morgan fingerprint density at radius 2 is 1.73 bits per heavy atom. The summed E-state index contributed by atoms with van der Waals surface area (Å²) in [6, 6.07) is 17.7. The number of carbonyl (C=O) groups excluding carboxylic acids is 1. The second-order valence-electron chi connectivity index (χ2n) is 6.07. The van der Waals surface area contributed by atoms with Crippen LogP contribution in [0.3, 0.4) is 0 Å². The van der Waals surface area contributed by atoms with Crippen molar-refractivity contribution in [3.8, 4) is 11.5 Å². The number of carbonyl (C=O) groups is 1. The van der Waals surface area contributed by atoms with Gasteiger partial charge in [0.1, 0.15) is 18.1 Å². The van der Waals surface area contributed by atoms with Gasteiger partial charge in [0, 0.05) is 37.9 Å². The molecule has 0 spiro atoms. The molecular weight excluding hydrogens is 330 g/mol. The highest BCUT2D eigenvalue weighted by molar-refractivity contribution is 5.74. The molecule has 2 amide bonds. The second kappa shape index (κ2) is 8.99. The summed E-state index contributed by atoms with van der Waals surface area (Å²) < 4.78 is 10.8. The number of piperazine rings is 1. The van der Waals surface area contributed by atoms with Crippen LogP contribution in [0.5, 0.6) is 11.5 Å². The summed E-state index contributed by atoms with van der Waals surface area (Å²) in [4.78, 5) is 16.4. The van der Waals surface area contributed by atoms with E-state index in [4.69, 9.17) is 9.47 Å². The summed E-state index contributed by atoms with van der Waals surface area (Å²) in [5.74, 6) is 1.48. The highest BCUT2D eigenvalue weighted by Gasteiger charge is 2.20. The maximum absolute atomic E-state index is 12.3. The average Bonchev–Trinajstić information content (AvgIpc) is 2.72. The van der Waals surface area contributed by atoms with Gasteiger partial charge in [0.2, 0.25) is 0 Å². The van der Waals surface area contributed by atoms with Gasteiger partial charge in [-0.25, -0.2) is 4.79 Å². The molecule has 1 aliphatic heterocycles. The van der Waals surface area contributed by atoms with Crippen molar-refractivity contribution in [3.05, 3.63) is 54.6 Å². The molecule has 0 unspecified atom stereocenters. The van der Waals surface area contributed by atoms with Crippen molar-refractivity contribution in [2.45, 2.75) is 0 Å². The zero-order valence-corrected chi connectivity index (χ0v) is 15.1. The van der Waals surface area contributed by atoms with Gasteiger partial charge in [0.25, 0.3) is 0 Å². The summed E-state index contributed by atoms with van der Waals surface area (Å²) in [6.45, 7) is 4.02. The largest absolute Gasteiger partial charge is 0.497 e. The van der Waals surface area contributed by atoms with Crippen molar-refractivity contribution in [2.75, 3.05) is 51.3 Å². The van der Waals surface area contributed by atoms with E-state index in [1.165, 1.54) is 5.69 Å². The lowest BCUT2D eigenvalue weighted by atomic mass is 10.2. The number of para-hydroxylation sites is 1. The number of urea groups is 1. The van der Waals surface area contributed by atoms with E-state index >= 15 is 0 Å². The average molecular weight is 355 g/mol. The zero-order valence-electron chi connectivity index (χ0n) is 15.1. The summed E-state index contributed by atoms with van der Waals surface area (Å²) in [5, 5.41) is 2.92. The predicted octanol–water partition coefficient (Wildman–Crippen LogP) is 2.61. The maximum atomic E-state index is 12.3. The Kier molecular flexibility index (Phi) is 6.19. The SMILES string of the molecule is COc1cccc(OCCNC(=O)N2CCN(c3ccccc3)CC2)c1. The normalized spacial score (nSPS) is 14.0. The van der Waals surface area contributed by atoms with Crippen molar-refractivity contribution >= 4 is 11.7 Å². The number of hydrogen-bond acceptors (Lipinski definition) is 4. The molecule has 0 aromatic heterocycles. The molecule has 2 aromatic rings. The van der Waals surface area contributed by atoms with E-state index in [0.717, 1.165) is 37.7 Å². The van der Waals surface area contributed by atoms with E-state index < -0.39 is 0 Å². The molecule has 0 radical (unpaired) electrons. The molecule has 2 aromatic carbocycles. The van der Waals surface area contributed by atoms with E-state index in [2.05, 4.69) is 22.3 Å². The number of amides is 2. The van der Waals surface area contributed by atoms with E-state index in [0.29, 0.717) is 13.2 Å². The Morgan fingerprint density at radius 3 is 2.46 bits per heavy atom. The van der Waals surface area contributed by atoms with Crippen molar-refractivity contribution in [1.29, 1.82) is 0 Å². The summed E-state index contributed by atoms with van der Waals surface area (Å²) in [5.41, 5.74) is 1.21. The minimum absolute atomic E-state index is 0.0352. The lowest BCUT2D eigenvalue weighted by Gasteiger charge is -2.36. The number of hydrogen-bond donors (Lipinski definition) is 1. The third-order valence-corrected chi connectivity index (χ3v) is 4.38. The fourth-order valence-corrected chi connectivity index (χ4v) is 2.94. The standard InChI is InChI=1S/C20H25N3O3/c1-25-18-8-5-9-19(16-18)26-15-10-21-20(24)23-13-11-22(12-14-23)17-6-3-2-4-7-17/h2-9,16H,10-15H2,1H3,(H,21,24). The predicted molar refractivity (Wildman–Crippen MR) is 102 cm³/mol. The first-order valence-corrected chi connectivity index (χ1v) is 8.86. The van der Waals surface area contributed by atoms with Crippen LogP contribution in [0, 0.1) is 0 Å². The first kappa shape index (κ1) is 17.9. The summed E-state index contributed by atoms with van der Waals surface area (Å²) >= 11 is 0. The summed E-state index contributed by atoms with van der Waals surface area (Å²) in [6.07, 6.45) is 0. The molecule has 3 rings (SSSR count). The van der Waals surface area contributed by atoms with Gasteiger partial charge in [0.15, 0.2) is 0 Å². The molecule has 6 heteroatoms. The molecule has 6 nitrogen and oxygen atoms in total. The van der Waals surface area contributed by atoms with Gasteiger partial charge in [-0.1, -0.05) is 24.3 Å². The maximum Gasteiger partial charge on any atom is 0.317 e. The molecule has 138 valence electrons. The first-order valence-electron chi connectivity index (χ1n) is 8.86. The minimum atomic E-state index is -0.0352. The fraction of sp³-hybridized carbons (Fsp3) is 0.350. The van der Waals surface area contributed by atoms with Crippen molar-refractivity contribution in [1.82, 2.24) is 10.2 Å². The number of nitrogens with zero attached hydrogens (tertiary/aromatic N) is 2. The topological polar surface area (TPSA) is 54.0 Å². The van der Waals surface area contributed by atoms with Crippen molar-refractivity contribution in [2.24, 2.45) is 0 Å². The van der Waals surface area contributed by atoms with Gasteiger partial charge in [-0.15, -0.1) is 0 Å². The van der Waals surface area contributed by atoms with Crippen LogP contribution in [0.25, 0.3) is 0 Å². The molecule has 0 aliphatic carbocycles. The van der Waals surface area contributed by atoms with Crippen LogP contribution in [0.1, 0.15) is 0 Å². The van der Waals surface area contributed by atoms with Gasteiger partial charge in [0.05, 0.1) is 13.7 Å². The van der Waals surface area contributed by atoms with E-state index in [-0.39, 0.29) is 6.03 Å². The Morgan fingerprint density at radius 1 is 1.00 bits per heavy atom. The lowest BCUT2D eigenvalue weighted by molar-refractivity contribution is 0.191. The minimum Gasteiger partial charge on any atom is -0.497 e. The molecule has 0 atom stereocenters. The molecule has 26 heavy (non-hydrogen) atoms. The second-order valence-corrected chi connectivity index (χ2v) is 6.07. The van der Waals surface area contributed by atoms with E-state index in [1.807, 2.05) is 47.4 Å². The van der Waals surface area contributed by atoms with Crippen LogP contribution in [0.2, 0.25) is 0 Å². The number of anilines is 1. The highest BCUT2D eigenvalue weighted by atomic mass is 16.5. The van der Waals surface area contributed by atoms with Gasteiger partial charge in [-0.2, -0.15) is 0 Å². The van der Waals surface area contributed by atoms with Gasteiger partial charge in [-0.3, -0.25) is 0 Å². The lowest BCUT2D eigenvalue weighted by Crippen LogP contribution is -2.52. The van der Waals surface area contributed by atoms with Crippen LogP contribution in [-0.4, -0.2) is 57.4 Å². The first-order chi connectivity index (χ1) is 12.8. The van der Waals surface area contributed by atoms with Gasteiger partial charge >= 0.3 is 6.03 Å². The number of methoxy groups -OCH3 is 1. The highest BCUT2D eigenvalue weighted by Crippen LogP contribution is 2.18. The van der Waals surface area contributed by atoms with Crippen molar-refractivity contribution in [3.63, 3.8) is 0 Å². The monoisotopic (exact) mass is 355 g/mol. The number of ether oxygens (including phenoxy) is 2. The van der Waals surface area contributed by atoms with Crippen LogP contribution in [0.15, 0.2) is 54.6 Å². The molecule has 1 N–H and O–H groups in total. The molecular formula is C20H25N3O3. The number of benzene rings is 2. The Hall–Kier alpha value is -2.89. The third-order valence-electron chi connectivity index (χ3n) is 4.38. The van der Waals surface area contributed by atoms with Gasteiger partial charge in [-0.05, 0) is 24.3 Å². The van der Waals surface area contributed by atoms with Crippen LogP contribution in [0.4, 0.5) is 10.5 Å². The number of nitrogens with one attached hydrogen (secondary N) is 1. The van der Waals surface area contributed by atoms with Crippen molar-refractivity contribution < 1.29 is 14.3 Å². The van der Waals surface area contributed by atoms with Gasteiger partial charge < -0.3 is 24.6 Å². The summed E-state index contributed by atoms with van der Waals surface area (Å²) in [7, 11) is 1.62. The number of rotatable bonds is 6. The Labute approximate surface area is 154 Å². The molecule has 1 aliphatic rings. The molecule has 1 fully saturated rings. The van der Waals surface area contributed by atoms with Crippen LogP contribution < -0.4 is 19.7 Å². The van der Waals surface area contributed by atoms with E-state index in [1.54, 1.807) is 7.11 Å². The Balaban J connectivity index is 1.36. The molecule has 0 saturated carbocycles. The molecule has 1 heterocycles. The van der Waals surface area contributed by atoms with Crippen LogP contribution in [-0.2, 0) is 0 Å². The molecule has 1 saturated heterocycles. The third kappa shape index (κ3) is 4.81. The quantitative estimate of drug-likeness (QED) is 0.810. The smallest absolute Gasteiger partial charge is 0.317 e.